The molecule has 4 rings (SSSR count). The van der Waals surface area contributed by atoms with Gasteiger partial charge in [0.1, 0.15) is 12.4 Å². The third kappa shape index (κ3) is 2.89. The van der Waals surface area contributed by atoms with Crippen LogP contribution < -0.4 is 15.1 Å². The minimum atomic E-state index is -0.324. The first-order valence-corrected chi connectivity index (χ1v) is 9.21. The van der Waals surface area contributed by atoms with Crippen LogP contribution in [0.4, 0.5) is 5.69 Å². The van der Waals surface area contributed by atoms with Crippen molar-refractivity contribution in [2.75, 3.05) is 25.1 Å². The van der Waals surface area contributed by atoms with E-state index in [1.165, 1.54) is 0 Å². The van der Waals surface area contributed by atoms with E-state index in [0.29, 0.717) is 0 Å². The fraction of sp³-hybridized carbons (Fsp3) is 0.429. The Labute approximate surface area is 156 Å². The van der Waals surface area contributed by atoms with Crippen LogP contribution in [0.25, 0.3) is 11.1 Å². The molecule has 0 aromatic heterocycles. The number of nitrogens with zero attached hydrogens (tertiary/aromatic N) is 1. The van der Waals surface area contributed by atoms with E-state index in [9.17, 15) is 0 Å². The van der Waals surface area contributed by atoms with Crippen molar-refractivity contribution in [3.05, 3.63) is 42.5 Å². The third-order valence-electron chi connectivity index (χ3n) is 5.82. The molecule has 0 N–H and O–H groups in total. The summed E-state index contributed by atoms with van der Waals surface area (Å²) in [5.41, 5.74) is 3.86. The standard InChI is InChI=1S/C21H26BNO3/c1-20(2)21(3,4)26-22(25-20)17-9-6-15(7-10-17)16-8-11-18-19(14-16)24-13-12-23(18)5/h6-11,14H,12-13H2,1-5H3. The summed E-state index contributed by atoms with van der Waals surface area (Å²) in [5, 5.41) is 0. The van der Waals surface area contributed by atoms with Crippen LogP contribution >= 0.6 is 0 Å². The molecule has 0 saturated carbocycles. The average Bonchev–Trinajstić information content (AvgIpc) is 2.83. The highest BCUT2D eigenvalue weighted by molar-refractivity contribution is 6.62. The molecular weight excluding hydrogens is 325 g/mol. The maximum atomic E-state index is 6.13. The molecule has 136 valence electrons. The van der Waals surface area contributed by atoms with Crippen molar-refractivity contribution >= 4 is 18.3 Å². The lowest BCUT2D eigenvalue weighted by Crippen LogP contribution is -2.41. The lowest BCUT2D eigenvalue weighted by atomic mass is 9.78. The van der Waals surface area contributed by atoms with Gasteiger partial charge in [-0.05, 0) is 56.4 Å². The van der Waals surface area contributed by atoms with Crippen LogP contribution in [-0.4, -0.2) is 38.5 Å². The first-order chi connectivity index (χ1) is 12.3. The molecule has 0 atom stereocenters. The zero-order valence-electron chi connectivity index (χ0n) is 16.2. The molecule has 0 aliphatic carbocycles. The van der Waals surface area contributed by atoms with Crippen molar-refractivity contribution in [2.45, 2.75) is 38.9 Å². The minimum absolute atomic E-state index is 0.321. The zero-order valence-corrected chi connectivity index (χ0v) is 16.2. The molecule has 0 amide bonds. The van der Waals surface area contributed by atoms with Gasteiger partial charge in [-0.3, -0.25) is 0 Å². The molecule has 5 heteroatoms. The Morgan fingerprint density at radius 1 is 0.885 bits per heavy atom. The van der Waals surface area contributed by atoms with Gasteiger partial charge in [0.15, 0.2) is 0 Å². The topological polar surface area (TPSA) is 30.9 Å². The van der Waals surface area contributed by atoms with Crippen molar-refractivity contribution in [1.29, 1.82) is 0 Å². The number of fused-ring (bicyclic) bond motifs is 1. The van der Waals surface area contributed by atoms with Crippen molar-refractivity contribution in [3.8, 4) is 16.9 Å². The Hall–Kier alpha value is -1.98. The Balaban J connectivity index is 1.57. The van der Waals surface area contributed by atoms with Gasteiger partial charge in [0.2, 0.25) is 0 Å². The van der Waals surface area contributed by atoms with E-state index < -0.39 is 0 Å². The Kier molecular flexibility index (Phi) is 4.05. The molecule has 2 aromatic rings. The number of rotatable bonds is 2. The van der Waals surface area contributed by atoms with Crippen LogP contribution in [0.1, 0.15) is 27.7 Å². The SMILES string of the molecule is CN1CCOc2cc(-c3ccc(B4OC(C)(C)C(C)(C)O4)cc3)ccc21. The van der Waals surface area contributed by atoms with Crippen molar-refractivity contribution in [3.63, 3.8) is 0 Å². The molecule has 0 spiro atoms. The van der Waals surface area contributed by atoms with Gasteiger partial charge in [-0.2, -0.15) is 0 Å². The van der Waals surface area contributed by atoms with Gasteiger partial charge in [-0.25, -0.2) is 0 Å². The van der Waals surface area contributed by atoms with Gasteiger partial charge in [-0.1, -0.05) is 30.3 Å². The fourth-order valence-corrected chi connectivity index (χ4v) is 3.35. The van der Waals surface area contributed by atoms with Gasteiger partial charge in [0, 0.05) is 7.05 Å². The summed E-state index contributed by atoms with van der Waals surface area (Å²) < 4.78 is 18.1. The smallest absolute Gasteiger partial charge is 0.490 e. The molecule has 2 aliphatic heterocycles. The van der Waals surface area contributed by atoms with Crippen LogP contribution in [0.3, 0.4) is 0 Å². The van der Waals surface area contributed by atoms with Gasteiger partial charge in [0.25, 0.3) is 0 Å². The van der Waals surface area contributed by atoms with E-state index >= 15 is 0 Å². The molecule has 26 heavy (non-hydrogen) atoms. The molecule has 4 nitrogen and oxygen atoms in total. The molecule has 0 radical (unpaired) electrons. The zero-order chi connectivity index (χ0) is 18.5. The maximum Gasteiger partial charge on any atom is 0.494 e. The highest BCUT2D eigenvalue weighted by atomic mass is 16.7. The largest absolute Gasteiger partial charge is 0.494 e. The second-order valence-corrected chi connectivity index (χ2v) is 8.16. The van der Waals surface area contributed by atoms with Gasteiger partial charge < -0.3 is 18.9 Å². The summed E-state index contributed by atoms with van der Waals surface area (Å²) in [5.74, 6) is 0.950. The summed E-state index contributed by atoms with van der Waals surface area (Å²) in [6, 6.07) is 14.8. The first kappa shape index (κ1) is 17.4. The molecule has 1 saturated heterocycles. The van der Waals surface area contributed by atoms with E-state index in [0.717, 1.165) is 41.2 Å². The highest BCUT2D eigenvalue weighted by Gasteiger charge is 2.51. The van der Waals surface area contributed by atoms with Crippen LogP contribution in [0.2, 0.25) is 0 Å². The van der Waals surface area contributed by atoms with Gasteiger partial charge in [-0.15, -0.1) is 0 Å². The van der Waals surface area contributed by atoms with Crippen molar-refractivity contribution < 1.29 is 14.0 Å². The Morgan fingerprint density at radius 2 is 1.50 bits per heavy atom. The summed E-state index contributed by atoms with van der Waals surface area (Å²) in [6.45, 7) is 9.96. The number of hydrogen-bond acceptors (Lipinski definition) is 4. The molecule has 2 aliphatic rings. The van der Waals surface area contributed by atoms with Gasteiger partial charge >= 0.3 is 7.12 Å². The van der Waals surface area contributed by atoms with Crippen LogP contribution in [0.15, 0.2) is 42.5 Å². The van der Waals surface area contributed by atoms with E-state index in [2.05, 4.69) is 82.1 Å². The predicted octanol–water partition coefficient (Wildman–Crippen LogP) is 3.48. The molecule has 0 bridgehead atoms. The quantitative estimate of drug-likeness (QED) is 0.776. The fourth-order valence-electron chi connectivity index (χ4n) is 3.35. The minimum Gasteiger partial charge on any atom is -0.490 e. The van der Waals surface area contributed by atoms with Crippen LogP contribution in [0, 0.1) is 0 Å². The number of hydrogen-bond donors (Lipinski definition) is 0. The number of anilines is 1. The molecular formula is C21H26BNO3. The molecule has 2 heterocycles. The Morgan fingerprint density at radius 3 is 2.15 bits per heavy atom. The lowest BCUT2D eigenvalue weighted by Gasteiger charge is -2.32. The summed E-state index contributed by atoms with van der Waals surface area (Å²) in [6.07, 6.45) is 0. The summed E-state index contributed by atoms with van der Waals surface area (Å²) in [4.78, 5) is 2.23. The molecule has 2 aromatic carbocycles. The van der Waals surface area contributed by atoms with Crippen molar-refractivity contribution in [2.24, 2.45) is 0 Å². The number of benzene rings is 2. The summed E-state index contributed by atoms with van der Waals surface area (Å²) in [7, 11) is 1.77. The normalized spacial score (nSPS) is 20.7. The Bertz CT molecular complexity index is 801. The number of ether oxygens (including phenoxy) is 1. The highest BCUT2D eigenvalue weighted by Crippen LogP contribution is 2.37. The predicted molar refractivity (Wildman–Crippen MR) is 106 cm³/mol. The third-order valence-corrected chi connectivity index (χ3v) is 5.82. The van der Waals surface area contributed by atoms with Crippen LogP contribution in [-0.2, 0) is 9.31 Å². The van der Waals surface area contributed by atoms with Crippen LogP contribution in [0.5, 0.6) is 5.75 Å². The number of likely N-dealkylation sites (N-methyl/N-ethyl adjacent to an activating group) is 1. The molecule has 1 fully saturated rings. The lowest BCUT2D eigenvalue weighted by molar-refractivity contribution is 0.00578. The summed E-state index contributed by atoms with van der Waals surface area (Å²) >= 11 is 0. The van der Waals surface area contributed by atoms with E-state index in [1.54, 1.807) is 0 Å². The van der Waals surface area contributed by atoms with Crippen molar-refractivity contribution in [1.82, 2.24) is 0 Å². The van der Waals surface area contributed by atoms with E-state index in [1.807, 2.05) is 0 Å². The second-order valence-electron chi connectivity index (χ2n) is 8.16. The van der Waals surface area contributed by atoms with Gasteiger partial charge in [0.05, 0.1) is 23.4 Å². The second kappa shape index (κ2) is 6.03. The monoisotopic (exact) mass is 351 g/mol. The maximum absolute atomic E-state index is 6.13. The van der Waals surface area contributed by atoms with E-state index in [-0.39, 0.29) is 18.3 Å². The average molecular weight is 351 g/mol. The first-order valence-electron chi connectivity index (χ1n) is 9.21. The van der Waals surface area contributed by atoms with E-state index in [4.69, 9.17) is 14.0 Å². The molecule has 0 unspecified atom stereocenters.